The van der Waals surface area contributed by atoms with Crippen molar-refractivity contribution in [3.63, 3.8) is 0 Å². The van der Waals surface area contributed by atoms with Crippen molar-refractivity contribution in [2.24, 2.45) is 0 Å². The monoisotopic (exact) mass is 415 g/mol. The quantitative estimate of drug-likeness (QED) is 0.750. The summed E-state index contributed by atoms with van der Waals surface area (Å²) < 4.78 is 18.9. The SMILES string of the molecule is CCCNc1c(C(=O)N(C)C)cncc1N1CCN(c2ccc(F)cc2OC)CC1. The van der Waals surface area contributed by atoms with E-state index in [-0.39, 0.29) is 11.7 Å². The van der Waals surface area contributed by atoms with Gasteiger partial charge in [-0.3, -0.25) is 9.78 Å². The van der Waals surface area contributed by atoms with E-state index in [0.717, 1.165) is 56.2 Å². The summed E-state index contributed by atoms with van der Waals surface area (Å²) in [6.45, 7) is 5.88. The minimum atomic E-state index is -0.311. The van der Waals surface area contributed by atoms with Crippen LogP contribution < -0.4 is 19.9 Å². The van der Waals surface area contributed by atoms with Crippen LogP contribution >= 0.6 is 0 Å². The first kappa shape index (κ1) is 21.7. The Morgan fingerprint density at radius 2 is 1.83 bits per heavy atom. The van der Waals surface area contributed by atoms with E-state index in [2.05, 4.69) is 27.0 Å². The fourth-order valence-corrected chi connectivity index (χ4v) is 3.63. The van der Waals surface area contributed by atoms with E-state index >= 15 is 0 Å². The molecule has 2 aromatic rings. The van der Waals surface area contributed by atoms with E-state index in [1.807, 2.05) is 6.20 Å². The molecule has 1 amide bonds. The number of carbonyl (C=O) groups is 1. The minimum Gasteiger partial charge on any atom is -0.494 e. The molecule has 0 saturated carbocycles. The van der Waals surface area contributed by atoms with Gasteiger partial charge in [0.2, 0.25) is 0 Å². The first-order valence-electron chi connectivity index (χ1n) is 10.2. The number of methoxy groups -OCH3 is 1. The molecule has 1 fully saturated rings. The Morgan fingerprint density at radius 1 is 1.17 bits per heavy atom. The molecule has 3 rings (SSSR count). The number of rotatable bonds is 7. The molecule has 0 bridgehead atoms. The Balaban J connectivity index is 1.83. The van der Waals surface area contributed by atoms with Gasteiger partial charge in [0.25, 0.3) is 5.91 Å². The van der Waals surface area contributed by atoms with Gasteiger partial charge in [-0.05, 0) is 18.6 Å². The Hall–Kier alpha value is -3.03. The van der Waals surface area contributed by atoms with E-state index < -0.39 is 0 Å². The molecule has 0 spiro atoms. The summed E-state index contributed by atoms with van der Waals surface area (Å²) in [7, 11) is 5.04. The van der Waals surface area contributed by atoms with Crippen LogP contribution in [0.2, 0.25) is 0 Å². The number of hydrogen-bond acceptors (Lipinski definition) is 6. The van der Waals surface area contributed by atoms with Crippen LogP contribution in [0.1, 0.15) is 23.7 Å². The van der Waals surface area contributed by atoms with Crippen LogP contribution in [0.15, 0.2) is 30.6 Å². The molecular formula is C22H30FN5O2. The number of amides is 1. The van der Waals surface area contributed by atoms with Gasteiger partial charge < -0.3 is 24.8 Å². The molecule has 0 radical (unpaired) electrons. The number of nitrogens with zero attached hydrogens (tertiary/aromatic N) is 4. The predicted molar refractivity (Wildman–Crippen MR) is 118 cm³/mol. The molecular weight excluding hydrogens is 385 g/mol. The van der Waals surface area contributed by atoms with Crippen molar-refractivity contribution < 1.29 is 13.9 Å². The zero-order valence-electron chi connectivity index (χ0n) is 18.1. The van der Waals surface area contributed by atoms with Crippen LogP contribution in [0.4, 0.5) is 21.5 Å². The van der Waals surface area contributed by atoms with Gasteiger partial charge in [0, 0.05) is 59.1 Å². The van der Waals surface area contributed by atoms with Crippen LogP contribution in [-0.2, 0) is 0 Å². The highest BCUT2D eigenvalue weighted by molar-refractivity contribution is 6.02. The average Bonchev–Trinajstić information content (AvgIpc) is 2.77. The number of pyridine rings is 1. The number of piperazine rings is 1. The number of carbonyl (C=O) groups excluding carboxylic acids is 1. The van der Waals surface area contributed by atoms with Crippen molar-refractivity contribution in [2.75, 3.05) is 69.0 Å². The van der Waals surface area contributed by atoms with Gasteiger partial charge in [-0.15, -0.1) is 0 Å². The summed E-state index contributed by atoms with van der Waals surface area (Å²) in [5, 5.41) is 3.43. The topological polar surface area (TPSA) is 60.9 Å². The molecule has 1 saturated heterocycles. The zero-order chi connectivity index (χ0) is 21.7. The summed E-state index contributed by atoms with van der Waals surface area (Å²) in [6, 6.07) is 4.63. The molecule has 1 aromatic heterocycles. The number of hydrogen-bond donors (Lipinski definition) is 1. The third-order valence-electron chi connectivity index (χ3n) is 5.22. The molecule has 0 unspecified atom stereocenters. The lowest BCUT2D eigenvalue weighted by Crippen LogP contribution is -2.47. The highest BCUT2D eigenvalue weighted by Crippen LogP contribution is 2.33. The van der Waals surface area contributed by atoms with Crippen LogP contribution in [0, 0.1) is 5.82 Å². The van der Waals surface area contributed by atoms with Crippen molar-refractivity contribution in [3.8, 4) is 5.75 Å². The van der Waals surface area contributed by atoms with E-state index in [9.17, 15) is 9.18 Å². The fourth-order valence-electron chi connectivity index (χ4n) is 3.63. The van der Waals surface area contributed by atoms with Gasteiger partial charge in [-0.2, -0.15) is 0 Å². The van der Waals surface area contributed by atoms with Gasteiger partial charge in [-0.1, -0.05) is 6.92 Å². The van der Waals surface area contributed by atoms with Crippen molar-refractivity contribution >= 4 is 23.0 Å². The third kappa shape index (κ3) is 4.58. The minimum absolute atomic E-state index is 0.0716. The van der Waals surface area contributed by atoms with Gasteiger partial charge >= 0.3 is 0 Å². The normalized spacial score (nSPS) is 13.9. The lowest BCUT2D eigenvalue weighted by molar-refractivity contribution is 0.0828. The first-order valence-corrected chi connectivity index (χ1v) is 10.2. The van der Waals surface area contributed by atoms with Gasteiger partial charge in [0.15, 0.2) is 0 Å². The van der Waals surface area contributed by atoms with E-state index in [4.69, 9.17) is 4.74 Å². The largest absolute Gasteiger partial charge is 0.494 e. The summed E-state index contributed by atoms with van der Waals surface area (Å²) in [6.07, 6.45) is 4.40. The number of halogens is 1. The van der Waals surface area contributed by atoms with Crippen molar-refractivity contribution in [3.05, 3.63) is 42.0 Å². The van der Waals surface area contributed by atoms with Crippen molar-refractivity contribution in [2.45, 2.75) is 13.3 Å². The lowest BCUT2D eigenvalue weighted by atomic mass is 10.1. The van der Waals surface area contributed by atoms with E-state index in [1.54, 1.807) is 38.4 Å². The van der Waals surface area contributed by atoms with Crippen molar-refractivity contribution in [1.29, 1.82) is 0 Å². The number of ether oxygens (including phenoxy) is 1. The Bertz CT molecular complexity index is 882. The molecule has 1 aliphatic rings. The second kappa shape index (κ2) is 9.65. The number of benzene rings is 1. The Morgan fingerprint density at radius 3 is 2.43 bits per heavy atom. The molecule has 1 N–H and O–H groups in total. The number of anilines is 3. The molecule has 7 nitrogen and oxygen atoms in total. The third-order valence-corrected chi connectivity index (χ3v) is 5.22. The molecule has 8 heteroatoms. The van der Waals surface area contributed by atoms with Crippen molar-refractivity contribution in [1.82, 2.24) is 9.88 Å². The molecule has 162 valence electrons. The maximum Gasteiger partial charge on any atom is 0.257 e. The standard InChI is InChI=1S/C22H30FN5O2/c1-5-8-25-21-17(22(29)26(2)3)14-24-15-19(21)28-11-9-27(10-12-28)18-7-6-16(23)13-20(18)30-4/h6-7,13-15H,5,8-12H2,1-4H3,(H,24,25). The molecule has 30 heavy (non-hydrogen) atoms. The Kier molecular flexibility index (Phi) is 6.97. The summed E-state index contributed by atoms with van der Waals surface area (Å²) in [4.78, 5) is 23.0. The maximum absolute atomic E-state index is 13.5. The molecule has 2 heterocycles. The lowest BCUT2D eigenvalue weighted by Gasteiger charge is -2.38. The van der Waals surface area contributed by atoms with Crippen LogP contribution in [0.25, 0.3) is 0 Å². The number of nitrogens with one attached hydrogen (secondary N) is 1. The van der Waals surface area contributed by atoms with Crippen LogP contribution in [0.3, 0.4) is 0 Å². The average molecular weight is 416 g/mol. The van der Waals surface area contributed by atoms with Gasteiger partial charge in [0.1, 0.15) is 11.6 Å². The van der Waals surface area contributed by atoms with Gasteiger partial charge in [-0.25, -0.2) is 4.39 Å². The maximum atomic E-state index is 13.5. The zero-order valence-corrected chi connectivity index (χ0v) is 18.1. The summed E-state index contributed by atoms with van der Waals surface area (Å²) >= 11 is 0. The molecule has 0 atom stereocenters. The Labute approximate surface area is 177 Å². The second-order valence-electron chi connectivity index (χ2n) is 7.50. The predicted octanol–water partition coefficient (Wildman–Crippen LogP) is 3.08. The molecule has 1 aliphatic heterocycles. The summed E-state index contributed by atoms with van der Waals surface area (Å²) in [5.74, 6) is 0.154. The van der Waals surface area contributed by atoms with Crippen LogP contribution in [-0.4, -0.2) is 69.7 Å². The highest BCUT2D eigenvalue weighted by atomic mass is 19.1. The first-order chi connectivity index (χ1) is 14.5. The van der Waals surface area contributed by atoms with E-state index in [0.29, 0.717) is 11.3 Å². The van der Waals surface area contributed by atoms with Gasteiger partial charge in [0.05, 0.1) is 35.9 Å². The summed E-state index contributed by atoms with van der Waals surface area (Å²) in [5.41, 5.74) is 3.23. The fraction of sp³-hybridized carbons (Fsp3) is 0.455. The van der Waals surface area contributed by atoms with E-state index in [1.165, 1.54) is 12.1 Å². The smallest absolute Gasteiger partial charge is 0.257 e. The second-order valence-corrected chi connectivity index (χ2v) is 7.50. The highest BCUT2D eigenvalue weighted by Gasteiger charge is 2.25. The van der Waals surface area contributed by atoms with Crippen LogP contribution in [0.5, 0.6) is 5.75 Å². The number of aromatic nitrogens is 1. The molecule has 0 aliphatic carbocycles. The molecule has 1 aromatic carbocycles.